The molecule has 1 aromatic heterocycles. The predicted molar refractivity (Wildman–Crippen MR) is 70.0 cm³/mol. The van der Waals surface area contributed by atoms with E-state index in [4.69, 9.17) is 9.15 Å². The highest BCUT2D eigenvalue weighted by molar-refractivity contribution is 5.20. The van der Waals surface area contributed by atoms with Crippen LogP contribution in [0, 0.1) is 6.92 Å². The van der Waals surface area contributed by atoms with E-state index in [0.717, 1.165) is 31.1 Å². The smallest absolute Gasteiger partial charge is 0.130 e. The minimum Gasteiger partial charge on any atom is -0.464 e. The van der Waals surface area contributed by atoms with Crippen molar-refractivity contribution in [1.29, 1.82) is 0 Å². The Labute approximate surface area is 105 Å². The summed E-state index contributed by atoms with van der Waals surface area (Å²) in [6.45, 7) is 10.7. The lowest BCUT2D eigenvalue weighted by Gasteiger charge is -2.05. The Kier molecular flexibility index (Phi) is 6.30. The summed E-state index contributed by atoms with van der Waals surface area (Å²) >= 11 is 0. The Bertz CT molecular complexity index is 318. The van der Waals surface area contributed by atoms with Crippen LogP contribution in [-0.4, -0.2) is 12.6 Å². The summed E-state index contributed by atoms with van der Waals surface area (Å²) in [5, 5.41) is 3.39. The van der Waals surface area contributed by atoms with Crippen molar-refractivity contribution in [1.82, 2.24) is 5.32 Å². The first-order valence-electron chi connectivity index (χ1n) is 6.52. The molecule has 1 aromatic rings. The van der Waals surface area contributed by atoms with E-state index in [1.165, 1.54) is 12.0 Å². The van der Waals surface area contributed by atoms with Gasteiger partial charge in [0.15, 0.2) is 0 Å². The lowest BCUT2D eigenvalue weighted by atomic mass is 10.2. The largest absolute Gasteiger partial charge is 0.464 e. The van der Waals surface area contributed by atoms with Gasteiger partial charge >= 0.3 is 0 Å². The monoisotopic (exact) mass is 239 g/mol. The summed E-state index contributed by atoms with van der Waals surface area (Å²) in [4.78, 5) is 0. The molecule has 0 aliphatic heterocycles. The molecule has 3 heteroatoms. The highest BCUT2D eigenvalue weighted by atomic mass is 16.5. The minimum absolute atomic E-state index is 0.494. The molecule has 0 bridgehead atoms. The maximum absolute atomic E-state index is 5.66. The molecule has 0 spiro atoms. The van der Waals surface area contributed by atoms with Crippen LogP contribution in [0.4, 0.5) is 0 Å². The van der Waals surface area contributed by atoms with Crippen molar-refractivity contribution in [3.63, 3.8) is 0 Å². The van der Waals surface area contributed by atoms with Gasteiger partial charge in [-0.25, -0.2) is 0 Å². The van der Waals surface area contributed by atoms with Gasteiger partial charge in [-0.15, -0.1) is 0 Å². The van der Waals surface area contributed by atoms with Gasteiger partial charge in [0.05, 0.1) is 0 Å². The van der Waals surface area contributed by atoms with Crippen molar-refractivity contribution in [2.75, 3.05) is 6.61 Å². The average molecular weight is 239 g/mol. The third-order valence-electron chi connectivity index (χ3n) is 2.66. The molecule has 0 saturated heterocycles. The summed E-state index contributed by atoms with van der Waals surface area (Å²) in [5.74, 6) is 1.92. The molecule has 0 atom stereocenters. The van der Waals surface area contributed by atoms with Gasteiger partial charge in [0.2, 0.25) is 0 Å². The van der Waals surface area contributed by atoms with Crippen LogP contribution in [0.2, 0.25) is 0 Å². The zero-order chi connectivity index (χ0) is 12.7. The fourth-order valence-electron chi connectivity index (χ4n) is 1.57. The van der Waals surface area contributed by atoms with Crippen LogP contribution in [0.5, 0.6) is 0 Å². The van der Waals surface area contributed by atoms with E-state index in [9.17, 15) is 0 Å². The zero-order valence-corrected chi connectivity index (χ0v) is 11.5. The van der Waals surface area contributed by atoms with Crippen LogP contribution >= 0.6 is 0 Å². The molecule has 0 aliphatic carbocycles. The fraction of sp³-hybridized carbons (Fsp3) is 0.714. The molecule has 98 valence electrons. The van der Waals surface area contributed by atoms with E-state index in [-0.39, 0.29) is 0 Å². The maximum atomic E-state index is 5.66. The van der Waals surface area contributed by atoms with E-state index in [1.54, 1.807) is 0 Å². The number of rotatable bonds is 8. The first-order chi connectivity index (χ1) is 8.13. The van der Waals surface area contributed by atoms with Crippen molar-refractivity contribution < 1.29 is 9.15 Å². The molecule has 0 amide bonds. The van der Waals surface area contributed by atoms with Crippen LogP contribution in [0.1, 0.15) is 50.7 Å². The van der Waals surface area contributed by atoms with Crippen molar-refractivity contribution >= 4 is 0 Å². The van der Waals surface area contributed by atoms with Crippen molar-refractivity contribution in [3.05, 3.63) is 23.2 Å². The Morgan fingerprint density at radius 1 is 1.41 bits per heavy atom. The number of furan rings is 1. The zero-order valence-electron chi connectivity index (χ0n) is 11.5. The second kappa shape index (κ2) is 7.51. The van der Waals surface area contributed by atoms with Crippen molar-refractivity contribution in [2.45, 2.75) is 59.7 Å². The molecule has 3 nitrogen and oxygen atoms in total. The summed E-state index contributed by atoms with van der Waals surface area (Å²) < 4.78 is 11.2. The number of hydrogen-bond acceptors (Lipinski definition) is 3. The van der Waals surface area contributed by atoms with Gasteiger partial charge in [0.25, 0.3) is 0 Å². The topological polar surface area (TPSA) is 34.4 Å². The van der Waals surface area contributed by atoms with E-state index in [2.05, 4.69) is 32.2 Å². The third-order valence-corrected chi connectivity index (χ3v) is 2.66. The van der Waals surface area contributed by atoms with Crippen LogP contribution in [0.25, 0.3) is 0 Å². The summed E-state index contributed by atoms with van der Waals surface area (Å²) in [5.41, 5.74) is 1.23. The quantitative estimate of drug-likeness (QED) is 0.706. The van der Waals surface area contributed by atoms with E-state index >= 15 is 0 Å². The molecule has 0 aliphatic rings. The number of unbranched alkanes of at least 4 members (excludes halogenated alkanes) is 1. The molecular formula is C14H25NO2. The van der Waals surface area contributed by atoms with E-state index < -0.39 is 0 Å². The van der Waals surface area contributed by atoms with Gasteiger partial charge in [-0.3, -0.25) is 0 Å². The Morgan fingerprint density at radius 2 is 2.18 bits per heavy atom. The summed E-state index contributed by atoms with van der Waals surface area (Å²) in [6.07, 6.45) is 2.28. The molecule has 0 fully saturated rings. The predicted octanol–water partition coefficient (Wildman–Crippen LogP) is 3.40. The first-order valence-corrected chi connectivity index (χ1v) is 6.52. The van der Waals surface area contributed by atoms with Gasteiger partial charge in [-0.05, 0) is 19.4 Å². The second-order valence-electron chi connectivity index (χ2n) is 4.74. The second-order valence-corrected chi connectivity index (χ2v) is 4.74. The van der Waals surface area contributed by atoms with Gasteiger partial charge in [-0.1, -0.05) is 27.2 Å². The van der Waals surface area contributed by atoms with Gasteiger partial charge in [-0.2, -0.15) is 0 Å². The van der Waals surface area contributed by atoms with Crippen LogP contribution in [-0.2, 0) is 17.9 Å². The lowest BCUT2D eigenvalue weighted by Crippen LogP contribution is -2.21. The number of hydrogen-bond donors (Lipinski definition) is 1. The molecule has 0 saturated carbocycles. The molecule has 17 heavy (non-hydrogen) atoms. The normalized spacial score (nSPS) is 11.4. The van der Waals surface area contributed by atoms with Crippen LogP contribution < -0.4 is 5.32 Å². The average Bonchev–Trinajstić information content (AvgIpc) is 2.63. The summed E-state index contributed by atoms with van der Waals surface area (Å²) in [6, 6.07) is 2.59. The summed E-state index contributed by atoms with van der Waals surface area (Å²) in [7, 11) is 0. The van der Waals surface area contributed by atoms with E-state index in [1.807, 2.05) is 6.92 Å². The Hall–Kier alpha value is -0.800. The third kappa shape index (κ3) is 5.37. The standard InChI is InChI=1S/C14H25NO2/c1-5-6-7-16-10-14-8-13(12(4)17-14)9-15-11(2)3/h8,11,15H,5-7,9-10H2,1-4H3. The molecule has 0 radical (unpaired) electrons. The number of ether oxygens (including phenoxy) is 1. The number of aryl methyl sites for hydroxylation is 1. The van der Waals surface area contributed by atoms with Crippen LogP contribution in [0.3, 0.4) is 0 Å². The first kappa shape index (κ1) is 14.3. The molecule has 1 heterocycles. The molecule has 0 aromatic carbocycles. The fourth-order valence-corrected chi connectivity index (χ4v) is 1.57. The Morgan fingerprint density at radius 3 is 2.82 bits per heavy atom. The van der Waals surface area contributed by atoms with Gasteiger partial charge < -0.3 is 14.5 Å². The highest BCUT2D eigenvalue weighted by Crippen LogP contribution is 2.15. The minimum atomic E-state index is 0.494. The van der Waals surface area contributed by atoms with Gasteiger partial charge in [0, 0.05) is 24.8 Å². The van der Waals surface area contributed by atoms with Crippen LogP contribution in [0.15, 0.2) is 10.5 Å². The maximum Gasteiger partial charge on any atom is 0.130 e. The molecule has 1 N–H and O–H groups in total. The SMILES string of the molecule is CCCCOCc1cc(CNC(C)C)c(C)o1. The molecule has 0 unspecified atom stereocenters. The lowest BCUT2D eigenvalue weighted by molar-refractivity contribution is 0.103. The highest BCUT2D eigenvalue weighted by Gasteiger charge is 2.07. The Balaban J connectivity index is 2.38. The van der Waals surface area contributed by atoms with Gasteiger partial charge in [0.1, 0.15) is 18.1 Å². The van der Waals surface area contributed by atoms with Crippen molar-refractivity contribution in [2.24, 2.45) is 0 Å². The molecular weight excluding hydrogens is 214 g/mol. The molecule has 1 rings (SSSR count). The van der Waals surface area contributed by atoms with Crippen molar-refractivity contribution in [3.8, 4) is 0 Å². The van der Waals surface area contributed by atoms with E-state index in [0.29, 0.717) is 12.6 Å². The number of nitrogens with one attached hydrogen (secondary N) is 1.